The lowest BCUT2D eigenvalue weighted by Gasteiger charge is -2.01. The molecule has 1 aromatic heterocycles. The molecule has 1 heterocycles. The van der Waals surface area contributed by atoms with Crippen molar-refractivity contribution in [3.63, 3.8) is 0 Å². The zero-order chi connectivity index (χ0) is 10.1. The SMILES string of the molecule is CCNS(=O)(=O)c1c(C)noc1Cl. The van der Waals surface area contributed by atoms with Crippen molar-refractivity contribution in [2.45, 2.75) is 18.7 Å². The Labute approximate surface area is 81.1 Å². The number of aromatic nitrogens is 1. The zero-order valence-electron chi connectivity index (χ0n) is 7.17. The molecule has 0 amide bonds. The summed E-state index contributed by atoms with van der Waals surface area (Å²) in [4.78, 5) is -0.0870. The monoisotopic (exact) mass is 224 g/mol. The minimum absolute atomic E-state index is 0.0870. The van der Waals surface area contributed by atoms with Crippen LogP contribution in [-0.4, -0.2) is 20.1 Å². The number of nitrogens with zero attached hydrogens (tertiary/aromatic N) is 1. The lowest BCUT2D eigenvalue weighted by Crippen LogP contribution is -2.23. The Balaban J connectivity index is 3.21. The van der Waals surface area contributed by atoms with Crippen molar-refractivity contribution in [3.8, 4) is 0 Å². The van der Waals surface area contributed by atoms with Crippen molar-refractivity contribution in [2.75, 3.05) is 6.54 Å². The Morgan fingerprint density at radius 2 is 2.23 bits per heavy atom. The molecule has 0 aliphatic rings. The molecule has 0 unspecified atom stereocenters. The van der Waals surface area contributed by atoms with Gasteiger partial charge in [0, 0.05) is 6.54 Å². The first kappa shape index (κ1) is 10.5. The predicted octanol–water partition coefficient (Wildman–Crippen LogP) is 0.935. The van der Waals surface area contributed by atoms with Gasteiger partial charge in [-0.25, -0.2) is 13.1 Å². The summed E-state index contributed by atoms with van der Waals surface area (Å²) in [6, 6.07) is 0. The van der Waals surface area contributed by atoms with Gasteiger partial charge in [-0.2, -0.15) is 0 Å². The van der Waals surface area contributed by atoms with Crippen molar-refractivity contribution < 1.29 is 12.9 Å². The summed E-state index contributed by atoms with van der Waals surface area (Å²) in [5.74, 6) is 0. The Bertz CT molecular complexity index is 379. The smallest absolute Gasteiger partial charge is 0.247 e. The van der Waals surface area contributed by atoms with Crippen molar-refractivity contribution in [2.24, 2.45) is 0 Å². The van der Waals surface area contributed by atoms with Crippen LogP contribution >= 0.6 is 11.6 Å². The van der Waals surface area contributed by atoms with Crippen LogP contribution < -0.4 is 4.72 Å². The van der Waals surface area contributed by atoms with Crippen LogP contribution in [0.4, 0.5) is 0 Å². The molecular formula is C6H9ClN2O3S. The second kappa shape index (κ2) is 3.65. The molecule has 74 valence electrons. The maximum absolute atomic E-state index is 11.4. The van der Waals surface area contributed by atoms with Crippen LogP contribution in [0.1, 0.15) is 12.6 Å². The van der Waals surface area contributed by atoms with Crippen molar-refractivity contribution in [3.05, 3.63) is 10.9 Å². The highest BCUT2D eigenvalue weighted by atomic mass is 35.5. The van der Waals surface area contributed by atoms with Gasteiger partial charge in [-0.05, 0) is 18.5 Å². The van der Waals surface area contributed by atoms with Crippen LogP contribution in [0.15, 0.2) is 9.42 Å². The third-order valence-corrected chi connectivity index (χ3v) is 3.43. The van der Waals surface area contributed by atoms with E-state index < -0.39 is 10.0 Å². The fourth-order valence-corrected chi connectivity index (χ4v) is 2.57. The largest absolute Gasteiger partial charge is 0.343 e. The first-order valence-corrected chi connectivity index (χ1v) is 5.46. The summed E-state index contributed by atoms with van der Waals surface area (Å²) in [5.41, 5.74) is 0.256. The first-order chi connectivity index (χ1) is 5.99. The van der Waals surface area contributed by atoms with Gasteiger partial charge in [0.05, 0.1) is 0 Å². The number of aryl methyl sites for hydroxylation is 1. The second-order valence-corrected chi connectivity index (χ2v) is 4.42. The van der Waals surface area contributed by atoms with Gasteiger partial charge in [0.15, 0.2) is 4.90 Å². The fourth-order valence-electron chi connectivity index (χ4n) is 0.896. The molecule has 0 saturated heterocycles. The molecule has 13 heavy (non-hydrogen) atoms. The van der Waals surface area contributed by atoms with E-state index >= 15 is 0 Å². The Morgan fingerprint density at radius 3 is 2.62 bits per heavy atom. The molecule has 0 atom stereocenters. The number of sulfonamides is 1. The molecule has 0 aliphatic carbocycles. The van der Waals surface area contributed by atoms with Gasteiger partial charge in [0.25, 0.3) is 0 Å². The lowest BCUT2D eigenvalue weighted by atomic mass is 10.5. The minimum Gasteiger partial charge on any atom is -0.343 e. The van der Waals surface area contributed by atoms with E-state index in [1.54, 1.807) is 6.92 Å². The van der Waals surface area contributed by atoms with Crippen molar-refractivity contribution in [1.82, 2.24) is 9.88 Å². The van der Waals surface area contributed by atoms with E-state index in [2.05, 4.69) is 14.4 Å². The van der Waals surface area contributed by atoms with Gasteiger partial charge < -0.3 is 4.52 Å². The molecule has 0 bridgehead atoms. The lowest BCUT2D eigenvalue weighted by molar-refractivity contribution is 0.415. The highest BCUT2D eigenvalue weighted by Crippen LogP contribution is 2.23. The van der Waals surface area contributed by atoms with E-state index in [1.165, 1.54) is 6.92 Å². The van der Waals surface area contributed by atoms with Crippen molar-refractivity contribution >= 4 is 21.6 Å². The Morgan fingerprint density at radius 1 is 1.62 bits per heavy atom. The molecule has 1 N–H and O–H groups in total. The molecule has 0 fully saturated rings. The zero-order valence-corrected chi connectivity index (χ0v) is 8.74. The van der Waals surface area contributed by atoms with E-state index in [4.69, 9.17) is 11.6 Å². The van der Waals surface area contributed by atoms with Crippen LogP contribution in [0.5, 0.6) is 0 Å². The standard InChI is InChI=1S/C6H9ClN2O3S/c1-3-8-13(10,11)5-4(2)9-12-6(5)7/h8H,3H2,1-2H3. The molecule has 7 heteroatoms. The van der Waals surface area contributed by atoms with E-state index in [-0.39, 0.29) is 15.8 Å². The molecule has 0 spiro atoms. The topological polar surface area (TPSA) is 72.2 Å². The molecule has 0 aliphatic heterocycles. The van der Waals surface area contributed by atoms with Gasteiger partial charge in [-0.3, -0.25) is 0 Å². The summed E-state index contributed by atoms with van der Waals surface area (Å²) in [6.07, 6.45) is 0. The molecule has 0 aromatic carbocycles. The predicted molar refractivity (Wildman–Crippen MR) is 47.1 cm³/mol. The van der Waals surface area contributed by atoms with E-state index in [0.29, 0.717) is 6.54 Å². The molecular weight excluding hydrogens is 216 g/mol. The fraction of sp³-hybridized carbons (Fsp3) is 0.500. The minimum atomic E-state index is -3.57. The second-order valence-electron chi connectivity index (χ2n) is 2.37. The number of hydrogen-bond donors (Lipinski definition) is 1. The van der Waals surface area contributed by atoms with Gasteiger partial charge in [-0.15, -0.1) is 0 Å². The van der Waals surface area contributed by atoms with Gasteiger partial charge in [0.1, 0.15) is 5.69 Å². The average Bonchev–Trinajstić information content (AvgIpc) is 2.31. The van der Waals surface area contributed by atoms with E-state index in [9.17, 15) is 8.42 Å². The van der Waals surface area contributed by atoms with Gasteiger partial charge in [-0.1, -0.05) is 12.1 Å². The Hall–Kier alpha value is -0.590. The van der Waals surface area contributed by atoms with Crippen LogP contribution in [0.25, 0.3) is 0 Å². The summed E-state index contributed by atoms with van der Waals surface area (Å²) < 4.78 is 29.7. The third kappa shape index (κ3) is 2.01. The van der Waals surface area contributed by atoms with Crippen LogP contribution in [0, 0.1) is 6.92 Å². The molecule has 5 nitrogen and oxygen atoms in total. The summed E-state index contributed by atoms with van der Waals surface area (Å²) in [7, 11) is -3.57. The summed E-state index contributed by atoms with van der Waals surface area (Å²) in [5, 5.41) is 3.23. The highest BCUT2D eigenvalue weighted by molar-refractivity contribution is 7.89. The van der Waals surface area contributed by atoms with Crippen LogP contribution in [0.2, 0.25) is 5.22 Å². The number of rotatable bonds is 3. The maximum atomic E-state index is 11.4. The molecule has 1 rings (SSSR count). The van der Waals surface area contributed by atoms with Crippen molar-refractivity contribution in [1.29, 1.82) is 0 Å². The maximum Gasteiger partial charge on any atom is 0.247 e. The van der Waals surface area contributed by atoms with Gasteiger partial charge >= 0.3 is 0 Å². The number of nitrogens with one attached hydrogen (secondary N) is 1. The van der Waals surface area contributed by atoms with E-state index in [1.807, 2.05) is 0 Å². The summed E-state index contributed by atoms with van der Waals surface area (Å²) >= 11 is 5.52. The normalized spacial score (nSPS) is 11.9. The van der Waals surface area contributed by atoms with Crippen LogP contribution in [-0.2, 0) is 10.0 Å². The van der Waals surface area contributed by atoms with Gasteiger partial charge in [0.2, 0.25) is 15.2 Å². The first-order valence-electron chi connectivity index (χ1n) is 3.60. The molecule has 0 saturated carbocycles. The number of hydrogen-bond acceptors (Lipinski definition) is 4. The van der Waals surface area contributed by atoms with Crippen LogP contribution in [0.3, 0.4) is 0 Å². The third-order valence-electron chi connectivity index (χ3n) is 1.37. The molecule has 1 aromatic rings. The van der Waals surface area contributed by atoms with E-state index in [0.717, 1.165) is 0 Å². The average molecular weight is 225 g/mol. The molecule has 0 radical (unpaired) electrons. The Kier molecular flexibility index (Phi) is 2.94. The highest BCUT2D eigenvalue weighted by Gasteiger charge is 2.24. The quantitative estimate of drug-likeness (QED) is 0.829. The summed E-state index contributed by atoms with van der Waals surface area (Å²) in [6.45, 7) is 3.48. The number of halogens is 1.